The van der Waals surface area contributed by atoms with Crippen LogP contribution < -0.4 is 0 Å². The van der Waals surface area contributed by atoms with E-state index in [0.29, 0.717) is 5.92 Å². The zero-order valence-electron chi connectivity index (χ0n) is 14.1. The van der Waals surface area contributed by atoms with Gasteiger partial charge in [-0.2, -0.15) is 0 Å². The van der Waals surface area contributed by atoms with Gasteiger partial charge in [-0.1, -0.05) is 0 Å². The molecule has 0 radical (unpaired) electrons. The van der Waals surface area contributed by atoms with Gasteiger partial charge in [0.25, 0.3) is 0 Å². The molecule has 2 aliphatic carbocycles. The Morgan fingerprint density at radius 2 is 1.27 bits per heavy atom. The van der Waals surface area contributed by atoms with Crippen molar-refractivity contribution < 1.29 is 47.2 Å². The van der Waals surface area contributed by atoms with Gasteiger partial charge >= 0.3 is 143 Å². The summed E-state index contributed by atoms with van der Waals surface area (Å²) in [7, 11) is 0. The molecule has 0 unspecified atom stereocenters. The molecular formula is C20H29FRa. The van der Waals surface area contributed by atoms with Crippen molar-refractivity contribution >= 4 is 0 Å². The summed E-state index contributed by atoms with van der Waals surface area (Å²) in [5, 5.41) is 0. The van der Waals surface area contributed by atoms with Gasteiger partial charge in [0, 0.05) is 0 Å². The Labute approximate surface area is 164 Å². The third-order valence-corrected chi connectivity index (χ3v) is 11.1. The molecule has 0 bridgehead atoms. The second kappa shape index (κ2) is 8.64. The van der Waals surface area contributed by atoms with Gasteiger partial charge in [-0.25, -0.2) is 4.39 Å². The van der Waals surface area contributed by atoms with E-state index in [1.165, 1.54) is 57.9 Å². The zero-order valence-corrected chi connectivity index (χ0v) is 22.3. The molecule has 2 saturated carbocycles. The topological polar surface area (TPSA) is 0 Å². The Hall–Kier alpha value is 0.618. The number of hydrogen-bond acceptors (Lipinski definition) is 0. The maximum atomic E-state index is 13.0. The molecule has 0 heterocycles. The van der Waals surface area contributed by atoms with Crippen molar-refractivity contribution in [2.45, 2.75) is 71.1 Å². The fourth-order valence-electron chi connectivity index (χ4n) is 4.61. The summed E-state index contributed by atoms with van der Waals surface area (Å²) in [6.07, 6.45) is 14.6. The molecule has 0 amide bonds. The molecule has 1 aromatic rings. The summed E-state index contributed by atoms with van der Waals surface area (Å²) in [6, 6.07) is 7.23. The average Bonchev–Trinajstić information content (AvgIpc) is 2.56. The second-order valence-corrected chi connectivity index (χ2v) is 14.7. The van der Waals surface area contributed by atoms with Crippen molar-refractivity contribution in [3.8, 4) is 0 Å². The van der Waals surface area contributed by atoms with Crippen LogP contribution >= 0.6 is 0 Å². The molecule has 3 rings (SSSR count). The minimum atomic E-state index is -0.108. The quantitative estimate of drug-likeness (QED) is 0.453. The monoisotopic (exact) mass is 514 g/mol. The van der Waals surface area contributed by atoms with E-state index in [0.717, 1.165) is 54.6 Å². The summed E-state index contributed by atoms with van der Waals surface area (Å²) < 4.78 is 14.2. The molecule has 118 valence electrons. The van der Waals surface area contributed by atoms with Gasteiger partial charge < -0.3 is 0 Å². The number of halogens is 1. The van der Waals surface area contributed by atoms with E-state index in [1.54, 1.807) is 25.0 Å². The molecule has 0 spiro atoms. The molecule has 0 aliphatic heterocycles. The van der Waals surface area contributed by atoms with Crippen LogP contribution in [0.2, 0.25) is 0.959 Å². The van der Waals surface area contributed by atoms with E-state index in [2.05, 4.69) is 0 Å². The van der Waals surface area contributed by atoms with E-state index >= 15 is 0 Å². The van der Waals surface area contributed by atoms with Crippen LogP contribution in [0.25, 0.3) is 0 Å². The molecule has 0 aromatic heterocycles. The minimum Gasteiger partial charge on any atom is -0.0260 e. The fourth-order valence-corrected chi connectivity index (χ4v) is 7.35. The van der Waals surface area contributed by atoms with Gasteiger partial charge in [0.1, 0.15) is 5.82 Å². The molecule has 1 aromatic carbocycles. The van der Waals surface area contributed by atoms with Gasteiger partial charge in [0.05, 0.1) is 0 Å². The molecule has 2 aliphatic rings. The Bertz CT molecular complexity index is 439. The van der Waals surface area contributed by atoms with Crippen molar-refractivity contribution in [2.75, 3.05) is 0 Å². The third kappa shape index (κ3) is 5.06. The molecule has 0 N–H and O–H groups in total. The Kier molecular flexibility index (Phi) is 6.85. The van der Waals surface area contributed by atoms with E-state index in [-0.39, 0.29) is 5.82 Å². The number of hydrogen-bond donors (Lipinski definition) is 0. The second-order valence-electron chi connectivity index (χ2n) is 7.97. The molecule has 2 heteroatoms. The summed E-state index contributed by atoms with van der Waals surface area (Å²) in [5.41, 5.74) is 1.35. The molecule has 0 nitrogen and oxygen atoms in total. The van der Waals surface area contributed by atoms with Crippen molar-refractivity contribution in [1.82, 2.24) is 0 Å². The predicted molar refractivity (Wildman–Crippen MR) is 87.4 cm³/mol. The van der Waals surface area contributed by atoms with Gasteiger partial charge in [0.15, 0.2) is 0 Å². The van der Waals surface area contributed by atoms with E-state index in [9.17, 15) is 4.39 Å². The Morgan fingerprint density at radius 3 is 1.82 bits per heavy atom. The van der Waals surface area contributed by atoms with Crippen LogP contribution in [-0.2, 0) is 0 Å². The average molecular weight is 514 g/mol. The van der Waals surface area contributed by atoms with Gasteiger partial charge in [-0.3, -0.25) is 0 Å². The van der Waals surface area contributed by atoms with E-state index < -0.39 is 0 Å². The first-order valence-corrected chi connectivity index (χ1v) is 14.2. The fraction of sp³-hybridized carbons (Fsp3) is 0.700. The van der Waals surface area contributed by atoms with Gasteiger partial charge in [-0.15, -0.1) is 0 Å². The van der Waals surface area contributed by atoms with Crippen LogP contribution in [0, 0.1) is 60.4 Å². The molecular weight excluding hydrogens is 485 g/mol. The van der Waals surface area contributed by atoms with Crippen molar-refractivity contribution in [2.24, 2.45) is 11.8 Å². The Balaban J connectivity index is 1.39. The van der Waals surface area contributed by atoms with Crippen LogP contribution in [0.4, 0.5) is 4.39 Å². The summed E-state index contributed by atoms with van der Waals surface area (Å²) in [4.78, 5) is 0. The smallest absolute Gasteiger partial charge is 0.0260 e. The molecule has 2 fully saturated rings. The first kappa shape index (κ1) is 17.4. The SMILES string of the molecule is Fc1ccc(C2CCC(CCC3CC[CH]([RaH])CC3)CC2)cc1. The van der Waals surface area contributed by atoms with E-state index in [4.69, 9.17) is 0 Å². The van der Waals surface area contributed by atoms with Crippen molar-refractivity contribution in [3.63, 3.8) is 0 Å². The Morgan fingerprint density at radius 1 is 0.773 bits per heavy atom. The third-order valence-electron chi connectivity index (χ3n) is 6.31. The van der Waals surface area contributed by atoms with Gasteiger partial charge in [-0.05, 0) is 12.1 Å². The summed E-state index contributed by atoms with van der Waals surface area (Å²) >= 11 is 0.765. The predicted octanol–water partition coefficient (Wildman–Crippen LogP) is 6.14. The minimum absolute atomic E-state index is 0.108. The van der Waals surface area contributed by atoms with Crippen molar-refractivity contribution in [1.29, 1.82) is 0 Å². The summed E-state index contributed by atoms with van der Waals surface area (Å²) in [6.45, 7) is 0. The van der Waals surface area contributed by atoms with Crippen LogP contribution in [0.5, 0.6) is 0 Å². The molecule has 0 atom stereocenters. The molecule has 22 heavy (non-hydrogen) atoms. The van der Waals surface area contributed by atoms with Crippen LogP contribution in [-0.4, -0.2) is 0 Å². The van der Waals surface area contributed by atoms with Crippen LogP contribution in [0.1, 0.15) is 75.7 Å². The standard InChI is InChI=1S/C20H28F.Ra.H/c21-20-14-12-19(13-15-20)18-10-8-17(9-11-18)7-6-16-4-2-1-3-5-16;;/h1,12-18H,2-11H2;;. The molecule has 0 saturated heterocycles. The van der Waals surface area contributed by atoms with Gasteiger partial charge in [0.2, 0.25) is 0 Å². The zero-order chi connectivity index (χ0) is 15.4. The first-order chi connectivity index (χ1) is 10.7. The van der Waals surface area contributed by atoms with Crippen molar-refractivity contribution in [3.05, 3.63) is 35.6 Å². The normalized spacial score (nSPS) is 32.7. The number of benzene rings is 1. The van der Waals surface area contributed by atoms with Crippen LogP contribution in [0.3, 0.4) is 0 Å². The summed E-state index contributed by atoms with van der Waals surface area (Å²) in [5.74, 6) is 2.60. The van der Waals surface area contributed by atoms with Crippen LogP contribution in [0.15, 0.2) is 24.3 Å². The first-order valence-electron chi connectivity index (χ1n) is 9.46. The number of rotatable bonds is 4. The van der Waals surface area contributed by atoms with E-state index in [1.807, 2.05) is 12.1 Å². The maximum absolute atomic E-state index is 13.0.